The fourth-order valence-corrected chi connectivity index (χ4v) is 3.37. The largest absolute Gasteiger partial charge is 0.496 e. The number of hydrogen-bond donors (Lipinski definition) is 1. The molecule has 2 aliphatic rings. The lowest BCUT2D eigenvalue weighted by atomic mass is 10.1. The second kappa shape index (κ2) is 7.88. The molecule has 1 aromatic carbocycles. The molecule has 2 fully saturated rings. The van der Waals surface area contributed by atoms with Crippen molar-refractivity contribution in [2.75, 3.05) is 40.3 Å². The molecule has 0 bridgehead atoms. The van der Waals surface area contributed by atoms with E-state index in [-0.39, 0.29) is 6.03 Å². The van der Waals surface area contributed by atoms with Gasteiger partial charge in [-0.3, -0.25) is 0 Å². The molecule has 0 radical (unpaired) electrons. The normalized spacial score (nSPS) is 20.8. The van der Waals surface area contributed by atoms with Gasteiger partial charge in [0.05, 0.1) is 7.11 Å². The lowest BCUT2D eigenvalue weighted by Gasteiger charge is -2.22. The van der Waals surface area contributed by atoms with Gasteiger partial charge in [0.1, 0.15) is 5.75 Å². The molecule has 5 heteroatoms. The van der Waals surface area contributed by atoms with E-state index in [1.54, 1.807) is 12.0 Å². The summed E-state index contributed by atoms with van der Waals surface area (Å²) in [5.41, 5.74) is 1.14. The molecule has 24 heavy (non-hydrogen) atoms. The molecule has 1 heterocycles. The predicted molar refractivity (Wildman–Crippen MR) is 95.4 cm³/mol. The molecule has 1 N–H and O–H groups in total. The highest BCUT2D eigenvalue weighted by Crippen LogP contribution is 2.30. The first kappa shape index (κ1) is 17.1. The quantitative estimate of drug-likeness (QED) is 0.834. The molecule has 3 rings (SSSR count). The summed E-state index contributed by atoms with van der Waals surface area (Å²) in [7, 11) is 3.55. The van der Waals surface area contributed by atoms with Crippen molar-refractivity contribution in [1.29, 1.82) is 0 Å². The third-order valence-corrected chi connectivity index (χ3v) is 5.07. The van der Waals surface area contributed by atoms with E-state index in [0.717, 1.165) is 43.2 Å². The van der Waals surface area contributed by atoms with Crippen LogP contribution in [0.5, 0.6) is 5.75 Å². The van der Waals surface area contributed by atoms with Crippen LogP contribution in [-0.4, -0.2) is 62.2 Å². The molecule has 1 saturated heterocycles. The van der Waals surface area contributed by atoms with Gasteiger partial charge in [-0.05, 0) is 43.2 Å². The highest BCUT2D eigenvalue weighted by atomic mass is 16.5. The number of rotatable bonds is 7. The van der Waals surface area contributed by atoms with E-state index in [1.807, 2.05) is 25.2 Å². The van der Waals surface area contributed by atoms with Gasteiger partial charge in [0.25, 0.3) is 0 Å². The first-order valence-corrected chi connectivity index (χ1v) is 9.01. The molecule has 5 nitrogen and oxygen atoms in total. The summed E-state index contributed by atoms with van der Waals surface area (Å²) in [4.78, 5) is 16.7. The van der Waals surface area contributed by atoms with E-state index >= 15 is 0 Å². The molecule has 1 saturated carbocycles. The SMILES string of the molecule is COc1ccccc1CCN(C)C(=O)N[C@@H]1CCN(CC2CC2)C1. The Morgan fingerprint density at radius 1 is 1.33 bits per heavy atom. The van der Waals surface area contributed by atoms with Crippen LogP contribution in [0.1, 0.15) is 24.8 Å². The van der Waals surface area contributed by atoms with Crippen LogP contribution in [0.25, 0.3) is 0 Å². The lowest BCUT2D eigenvalue weighted by molar-refractivity contribution is 0.204. The monoisotopic (exact) mass is 331 g/mol. The van der Waals surface area contributed by atoms with Gasteiger partial charge in [0.2, 0.25) is 0 Å². The molecule has 1 aliphatic heterocycles. The molecule has 2 amide bonds. The van der Waals surface area contributed by atoms with Crippen molar-refractivity contribution in [1.82, 2.24) is 15.1 Å². The van der Waals surface area contributed by atoms with E-state index in [1.165, 1.54) is 19.4 Å². The average Bonchev–Trinajstić information content (AvgIpc) is 3.30. The summed E-state index contributed by atoms with van der Waals surface area (Å²) in [5, 5.41) is 3.18. The van der Waals surface area contributed by atoms with Crippen LogP contribution in [0, 0.1) is 5.92 Å². The summed E-state index contributed by atoms with van der Waals surface area (Å²) >= 11 is 0. The van der Waals surface area contributed by atoms with Crippen LogP contribution in [0.2, 0.25) is 0 Å². The maximum absolute atomic E-state index is 12.4. The fourth-order valence-electron chi connectivity index (χ4n) is 3.37. The number of hydrogen-bond acceptors (Lipinski definition) is 3. The Bertz CT molecular complexity index is 559. The van der Waals surface area contributed by atoms with Gasteiger partial charge in [-0.25, -0.2) is 4.79 Å². The summed E-state index contributed by atoms with van der Waals surface area (Å²) in [6, 6.07) is 8.31. The zero-order valence-corrected chi connectivity index (χ0v) is 14.8. The fraction of sp³-hybridized carbons (Fsp3) is 0.632. The Balaban J connectivity index is 1.41. The summed E-state index contributed by atoms with van der Waals surface area (Å²) < 4.78 is 5.37. The number of nitrogens with one attached hydrogen (secondary N) is 1. The van der Waals surface area contributed by atoms with Crippen LogP contribution < -0.4 is 10.1 Å². The number of amides is 2. The number of urea groups is 1. The van der Waals surface area contributed by atoms with E-state index in [4.69, 9.17) is 4.74 Å². The Morgan fingerprint density at radius 2 is 2.12 bits per heavy atom. The number of methoxy groups -OCH3 is 1. The zero-order valence-electron chi connectivity index (χ0n) is 14.8. The van der Waals surface area contributed by atoms with Gasteiger partial charge in [-0.2, -0.15) is 0 Å². The van der Waals surface area contributed by atoms with Crippen molar-refractivity contribution in [3.8, 4) is 5.75 Å². The van der Waals surface area contributed by atoms with Crippen LogP contribution >= 0.6 is 0 Å². The number of carbonyl (C=O) groups is 1. The molecule has 0 aromatic heterocycles. The maximum atomic E-state index is 12.4. The van der Waals surface area contributed by atoms with E-state index in [0.29, 0.717) is 12.6 Å². The predicted octanol–water partition coefficient (Wildman–Crippen LogP) is 2.36. The second-order valence-electron chi connectivity index (χ2n) is 7.12. The number of nitrogens with zero attached hydrogens (tertiary/aromatic N) is 2. The van der Waals surface area contributed by atoms with Crippen LogP contribution in [-0.2, 0) is 6.42 Å². The van der Waals surface area contributed by atoms with Crippen LogP contribution in [0.15, 0.2) is 24.3 Å². The van der Waals surface area contributed by atoms with Gasteiger partial charge in [-0.15, -0.1) is 0 Å². The molecule has 1 aromatic rings. The van der Waals surface area contributed by atoms with Crippen molar-refractivity contribution in [3.05, 3.63) is 29.8 Å². The minimum atomic E-state index is 0.0307. The van der Waals surface area contributed by atoms with Crippen molar-refractivity contribution in [2.45, 2.75) is 31.7 Å². The first-order chi connectivity index (χ1) is 11.7. The van der Waals surface area contributed by atoms with Crippen LogP contribution in [0.4, 0.5) is 4.79 Å². The first-order valence-electron chi connectivity index (χ1n) is 9.01. The van der Waals surface area contributed by atoms with Gasteiger partial charge >= 0.3 is 6.03 Å². The number of ether oxygens (including phenoxy) is 1. The Morgan fingerprint density at radius 3 is 2.88 bits per heavy atom. The van der Waals surface area contributed by atoms with Gasteiger partial charge in [0.15, 0.2) is 0 Å². The van der Waals surface area contributed by atoms with E-state index < -0.39 is 0 Å². The third kappa shape index (κ3) is 4.63. The van der Waals surface area contributed by atoms with Crippen molar-refractivity contribution in [2.24, 2.45) is 5.92 Å². The smallest absolute Gasteiger partial charge is 0.317 e. The van der Waals surface area contributed by atoms with E-state index in [9.17, 15) is 4.79 Å². The van der Waals surface area contributed by atoms with Gasteiger partial charge in [0, 0.05) is 39.3 Å². The van der Waals surface area contributed by atoms with Crippen molar-refractivity contribution < 1.29 is 9.53 Å². The molecule has 0 unspecified atom stereocenters. The van der Waals surface area contributed by atoms with Crippen LogP contribution in [0.3, 0.4) is 0 Å². The average molecular weight is 331 g/mol. The summed E-state index contributed by atoms with van der Waals surface area (Å²) in [6.07, 6.45) is 4.64. The van der Waals surface area contributed by atoms with Gasteiger partial charge < -0.3 is 19.9 Å². The van der Waals surface area contributed by atoms with E-state index in [2.05, 4.69) is 16.3 Å². The maximum Gasteiger partial charge on any atom is 0.317 e. The molecule has 1 atom stereocenters. The summed E-state index contributed by atoms with van der Waals surface area (Å²) in [5.74, 6) is 1.81. The Hall–Kier alpha value is -1.75. The topological polar surface area (TPSA) is 44.8 Å². The minimum Gasteiger partial charge on any atom is -0.496 e. The molecule has 132 valence electrons. The lowest BCUT2D eigenvalue weighted by Crippen LogP contribution is -2.44. The number of benzene rings is 1. The Kier molecular flexibility index (Phi) is 5.61. The van der Waals surface area contributed by atoms with Crippen molar-refractivity contribution >= 4 is 6.03 Å². The number of likely N-dealkylation sites (N-methyl/N-ethyl adjacent to an activating group) is 1. The molecular weight excluding hydrogens is 302 g/mol. The number of likely N-dealkylation sites (tertiary alicyclic amines) is 1. The third-order valence-electron chi connectivity index (χ3n) is 5.07. The number of carbonyl (C=O) groups excluding carboxylic acids is 1. The second-order valence-corrected chi connectivity index (χ2v) is 7.12. The molecule has 0 spiro atoms. The Labute approximate surface area is 145 Å². The number of para-hydroxylation sites is 1. The highest BCUT2D eigenvalue weighted by Gasteiger charge is 2.30. The highest BCUT2D eigenvalue weighted by molar-refractivity contribution is 5.74. The molecule has 1 aliphatic carbocycles. The standard InChI is InChI=1S/C19H29N3O2/c1-21(11-9-16-5-3-4-6-18(16)24-2)19(23)20-17-10-12-22(14-17)13-15-7-8-15/h3-6,15,17H,7-14H2,1-2H3,(H,20,23)/t17-/m1/s1. The summed E-state index contributed by atoms with van der Waals surface area (Å²) in [6.45, 7) is 4.02. The zero-order chi connectivity index (χ0) is 16.9. The molecular formula is C19H29N3O2. The van der Waals surface area contributed by atoms with Crippen molar-refractivity contribution in [3.63, 3.8) is 0 Å². The minimum absolute atomic E-state index is 0.0307. The van der Waals surface area contributed by atoms with Gasteiger partial charge in [-0.1, -0.05) is 18.2 Å².